The van der Waals surface area contributed by atoms with Gasteiger partial charge in [0.2, 0.25) is 0 Å². The van der Waals surface area contributed by atoms with Crippen LogP contribution in [0.3, 0.4) is 0 Å². The maximum atomic E-state index is 12.0. The number of aryl methyl sites for hydroxylation is 1. The molecule has 0 saturated carbocycles. The second-order valence-corrected chi connectivity index (χ2v) is 7.90. The number of rotatable bonds is 8. The van der Waals surface area contributed by atoms with Crippen molar-refractivity contribution in [2.24, 2.45) is 0 Å². The maximum Gasteiger partial charge on any atom is 0.315 e. The van der Waals surface area contributed by atoms with E-state index >= 15 is 0 Å². The van der Waals surface area contributed by atoms with Crippen molar-refractivity contribution >= 4 is 23.5 Å². The molecule has 0 aliphatic heterocycles. The zero-order chi connectivity index (χ0) is 22.4. The summed E-state index contributed by atoms with van der Waals surface area (Å²) in [5.74, 6) is 1.22. The fourth-order valence-corrected chi connectivity index (χ4v) is 3.95. The van der Waals surface area contributed by atoms with Crippen molar-refractivity contribution in [1.29, 1.82) is 0 Å². The molecule has 10 heteroatoms. The van der Waals surface area contributed by atoms with Crippen LogP contribution in [0.1, 0.15) is 36.8 Å². The van der Waals surface area contributed by atoms with E-state index in [1.54, 1.807) is 12.1 Å². The molecular formula is C21H24N6O3S. The van der Waals surface area contributed by atoms with Crippen molar-refractivity contribution in [1.82, 2.24) is 25.4 Å². The quantitative estimate of drug-likeness (QED) is 0.309. The Labute approximate surface area is 184 Å². The lowest BCUT2D eigenvalue weighted by Crippen LogP contribution is -2.37. The van der Waals surface area contributed by atoms with Gasteiger partial charge < -0.3 is 10.6 Å². The van der Waals surface area contributed by atoms with E-state index < -0.39 is 11.0 Å². The maximum absolute atomic E-state index is 12.0. The van der Waals surface area contributed by atoms with Gasteiger partial charge in [-0.1, -0.05) is 41.6 Å². The number of amides is 2. The Kier molecular flexibility index (Phi) is 7.24. The van der Waals surface area contributed by atoms with Gasteiger partial charge >= 0.3 is 6.03 Å². The van der Waals surface area contributed by atoms with Gasteiger partial charge in [-0.2, -0.15) is 0 Å². The molecule has 2 amide bonds. The minimum absolute atomic E-state index is 0.000773. The van der Waals surface area contributed by atoms with Crippen molar-refractivity contribution in [2.75, 3.05) is 6.54 Å². The van der Waals surface area contributed by atoms with Crippen molar-refractivity contribution in [2.45, 2.75) is 37.7 Å². The van der Waals surface area contributed by atoms with E-state index in [2.05, 4.69) is 26.9 Å². The van der Waals surface area contributed by atoms with E-state index in [-0.39, 0.29) is 11.7 Å². The van der Waals surface area contributed by atoms with Crippen molar-refractivity contribution in [3.63, 3.8) is 0 Å². The zero-order valence-corrected chi connectivity index (χ0v) is 18.3. The molecule has 1 heterocycles. The van der Waals surface area contributed by atoms with Gasteiger partial charge in [0.1, 0.15) is 0 Å². The molecule has 9 nitrogen and oxygen atoms in total. The van der Waals surface area contributed by atoms with Crippen molar-refractivity contribution < 1.29 is 9.72 Å². The molecule has 1 atom stereocenters. The van der Waals surface area contributed by atoms with Crippen LogP contribution in [-0.2, 0) is 5.75 Å². The Morgan fingerprint density at radius 3 is 2.61 bits per heavy atom. The smallest absolute Gasteiger partial charge is 0.315 e. The van der Waals surface area contributed by atoms with Gasteiger partial charge in [0.05, 0.1) is 11.0 Å². The Morgan fingerprint density at radius 2 is 1.97 bits per heavy atom. The number of carbonyl (C=O) groups is 1. The number of nitro benzene ring substituents is 1. The molecule has 1 aromatic heterocycles. The number of nitro groups is 1. The first-order chi connectivity index (χ1) is 14.9. The van der Waals surface area contributed by atoms with Gasteiger partial charge in [0.25, 0.3) is 5.69 Å². The average molecular weight is 441 g/mol. The molecule has 0 spiro atoms. The number of nitrogens with zero attached hydrogens (tertiary/aromatic N) is 4. The Bertz CT molecular complexity index is 1070. The summed E-state index contributed by atoms with van der Waals surface area (Å²) >= 11 is 1.51. The lowest BCUT2D eigenvalue weighted by atomic mass is 10.2. The second kappa shape index (κ2) is 10.1. The SMILES string of the molecule is CCNC(=O)NC(C)c1nnc(SCc2cccc(C)c2)n1-c1ccc([N+](=O)[O-])cc1. The number of urea groups is 1. The zero-order valence-electron chi connectivity index (χ0n) is 17.5. The highest BCUT2D eigenvalue weighted by Crippen LogP contribution is 2.28. The van der Waals surface area contributed by atoms with Crippen LogP contribution in [0.5, 0.6) is 0 Å². The van der Waals surface area contributed by atoms with Crippen LogP contribution in [0.2, 0.25) is 0 Å². The minimum atomic E-state index is -0.441. The van der Waals surface area contributed by atoms with Gasteiger partial charge in [0.15, 0.2) is 11.0 Å². The van der Waals surface area contributed by atoms with Gasteiger partial charge in [-0.3, -0.25) is 14.7 Å². The lowest BCUT2D eigenvalue weighted by molar-refractivity contribution is -0.384. The Morgan fingerprint density at radius 1 is 1.23 bits per heavy atom. The van der Waals surface area contributed by atoms with Crippen LogP contribution in [0.15, 0.2) is 53.7 Å². The molecule has 0 aliphatic carbocycles. The standard InChI is InChI=1S/C21H24N6O3S/c1-4-22-20(28)23-15(3)19-24-25-21(31-13-16-7-5-6-14(2)12-16)26(19)17-8-10-18(11-9-17)27(29)30/h5-12,15H,4,13H2,1-3H3,(H2,22,23,28). The number of hydrogen-bond donors (Lipinski definition) is 2. The number of nitrogens with one attached hydrogen (secondary N) is 2. The number of non-ortho nitro benzene ring substituents is 1. The molecule has 162 valence electrons. The van der Waals surface area contributed by atoms with Gasteiger partial charge in [-0.15, -0.1) is 10.2 Å². The molecule has 0 bridgehead atoms. The van der Waals surface area contributed by atoms with E-state index in [1.165, 1.54) is 29.5 Å². The van der Waals surface area contributed by atoms with E-state index in [1.807, 2.05) is 43.5 Å². The molecule has 2 aromatic carbocycles. The summed E-state index contributed by atoms with van der Waals surface area (Å²) in [5.41, 5.74) is 3.01. The number of benzene rings is 2. The van der Waals surface area contributed by atoms with E-state index in [0.717, 1.165) is 5.56 Å². The third kappa shape index (κ3) is 5.60. The number of hydrogen-bond acceptors (Lipinski definition) is 6. The van der Waals surface area contributed by atoms with Crippen LogP contribution in [-0.4, -0.2) is 32.3 Å². The second-order valence-electron chi connectivity index (χ2n) is 6.95. The van der Waals surface area contributed by atoms with Crippen LogP contribution in [0, 0.1) is 17.0 Å². The van der Waals surface area contributed by atoms with Crippen molar-refractivity contribution in [3.8, 4) is 5.69 Å². The summed E-state index contributed by atoms with van der Waals surface area (Å²) in [6.07, 6.45) is 0. The van der Waals surface area contributed by atoms with E-state index in [9.17, 15) is 14.9 Å². The fraction of sp³-hybridized carbons (Fsp3) is 0.286. The third-order valence-electron chi connectivity index (χ3n) is 4.50. The monoisotopic (exact) mass is 440 g/mol. The first-order valence-electron chi connectivity index (χ1n) is 9.82. The van der Waals surface area contributed by atoms with Crippen LogP contribution in [0.4, 0.5) is 10.5 Å². The predicted molar refractivity (Wildman–Crippen MR) is 119 cm³/mol. The third-order valence-corrected chi connectivity index (χ3v) is 5.50. The Balaban J connectivity index is 1.93. The highest BCUT2D eigenvalue weighted by Gasteiger charge is 2.21. The van der Waals surface area contributed by atoms with Gasteiger partial charge in [0, 0.05) is 30.1 Å². The topological polar surface area (TPSA) is 115 Å². The first-order valence-corrected chi connectivity index (χ1v) is 10.8. The normalized spacial score (nSPS) is 11.7. The number of carbonyl (C=O) groups excluding carboxylic acids is 1. The fourth-order valence-electron chi connectivity index (χ4n) is 3.04. The highest BCUT2D eigenvalue weighted by molar-refractivity contribution is 7.98. The molecule has 0 aliphatic rings. The van der Waals surface area contributed by atoms with E-state index in [0.29, 0.717) is 29.0 Å². The Hall–Kier alpha value is -3.40. The van der Waals surface area contributed by atoms with Crippen molar-refractivity contribution in [3.05, 3.63) is 75.6 Å². The van der Waals surface area contributed by atoms with Gasteiger partial charge in [-0.25, -0.2) is 4.79 Å². The summed E-state index contributed by atoms with van der Waals surface area (Å²) in [4.78, 5) is 22.6. The largest absolute Gasteiger partial charge is 0.338 e. The minimum Gasteiger partial charge on any atom is -0.338 e. The molecule has 3 rings (SSSR count). The molecule has 1 unspecified atom stereocenters. The molecule has 31 heavy (non-hydrogen) atoms. The average Bonchev–Trinajstić information content (AvgIpc) is 3.16. The van der Waals surface area contributed by atoms with E-state index in [4.69, 9.17) is 0 Å². The molecule has 0 radical (unpaired) electrons. The summed E-state index contributed by atoms with van der Waals surface area (Å²) in [7, 11) is 0. The van der Waals surface area contributed by atoms with Gasteiger partial charge in [-0.05, 0) is 38.5 Å². The highest BCUT2D eigenvalue weighted by atomic mass is 32.2. The number of thioether (sulfide) groups is 1. The lowest BCUT2D eigenvalue weighted by Gasteiger charge is -2.16. The molecule has 0 fully saturated rings. The first kappa shape index (κ1) is 22.3. The molecular weight excluding hydrogens is 416 g/mol. The summed E-state index contributed by atoms with van der Waals surface area (Å²) in [5, 5.41) is 25.8. The summed E-state index contributed by atoms with van der Waals surface area (Å²) in [6.45, 7) is 6.20. The van der Waals surface area contributed by atoms with Crippen LogP contribution < -0.4 is 10.6 Å². The summed E-state index contributed by atoms with van der Waals surface area (Å²) in [6, 6.07) is 13.7. The van der Waals surface area contributed by atoms with Crippen LogP contribution in [0.25, 0.3) is 5.69 Å². The summed E-state index contributed by atoms with van der Waals surface area (Å²) < 4.78 is 1.82. The predicted octanol–water partition coefficient (Wildman–Crippen LogP) is 4.16. The molecule has 2 N–H and O–H groups in total. The number of aromatic nitrogens is 3. The molecule has 3 aromatic rings. The van der Waals surface area contributed by atoms with Crippen LogP contribution >= 0.6 is 11.8 Å². The molecule has 0 saturated heterocycles.